The van der Waals surface area contributed by atoms with Crippen LogP contribution in [0, 0.1) is 5.92 Å². The van der Waals surface area contributed by atoms with Crippen molar-refractivity contribution in [3.63, 3.8) is 0 Å². The van der Waals surface area contributed by atoms with E-state index in [4.69, 9.17) is 0 Å². The SMILES string of the molecule is C[C@H]1CCCN(C(=O)CSc2nnc3n(CC(=O)N4[C@@H](C)CCC[C@@H]4C)c4ccccc4n23)C1. The number of rotatable bonds is 5. The van der Waals surface area contributed by atoms with Gasteiger partial charge in [0.15, 0.2) is 5.16 Å². The summed E-state index contributed by atoms with van der Waals surface area (Å²) in [6.07, 6.45) is 5.53. The van der Waals surface area contributed by atoms with Gasteiger partial charge in [-0.3, -0.25) is 18.6 Å². The summed E-state index contributed by atoms with van der Waals surface area (Å²) in [4.78, 5) is 30.2. The molecule has 2 aliphatic heterocycles. The number of thioether (sulfide) groups is 1. The number of para-hydroxylation sites is 2. The number of carbonyl (C=O) groups excluding carboxylic acids is 2. The molecular weight excluding hydrogens is 448 g/mol. The maximum atomic E-state index is 13.4. The zero-order valence-corrected chi connectivity index (χ0v) is 21.1. The van der Waals surface area contributed by atoms with Crippen molar-refractivity contribution in [2.24, 2.45) is 5.92 Å². The Hall–Kier alpha value is -2.55. The normalized spacial score (nSPS) is 23.7. The molecule has 8 nitrogen and oxygen atoms in total. The summed E-state index contributed by atoms with van der Waals surface area (Å²) < 4.78 is 3.96. The second-order valence-corrected chi connectivity index (χ2v) is 10.9. The predicted molar refractivity (Wildman–Crippen MR) is 134 cm³/mol. The number of nitrogens with zero attached hydrogens (tertiary/aromatic N) is 6. The summed E-state index contributed by atoms with van der Waals surface area (Å²) in [5, 5.41) is 9.55. The predicted octanol–water partition coefficient (Wildman–Crippen LogP) is 3.82. The lowest BCUT2D eigenvalue weighted by atomic mass is 9.97. The number of piperidine rings is 2. The fourth-order valence-corrected chi connectivity index (χ4v) is 6.49. The van der Waals surface area contributed by atoms with Crippen molar-refractivity contribution in [2.75, 3.05) is 18.8 Å². The summed E-state index contributed by atoms with van der Waals surface area (Å²) in [5.41, 5.74) is 1.91. The molecule has 0 bridgehead atoms. The number of aromatic nitrogens is 4. The van der Waals surface area contributed by atoms with Gasteiger partial charge in [-0.05, 0) is 64.0 Å². The Bertz CT molecular complexity index is 1190. The van der Waals surface area contributed by atoms with Gasteiger partial charge in [-0.15, -0.1) is 10.2 Å². The van der Waals surface area contributed by atoms with E-state index in [2.05, 4.69) is 31.0 Å². The molecule has 2 aliphatic rings. The molecule has 2 saturated heterocycles. The molecule has 3 atom stereocenters. The van der Waals surface area contributed by atoms with Crippen molar-refractivity contribution in [3.05, 3.63) is 24.3 Å². The second kappa shape index (κ2) is 9.60. The van der Waals surface area contributed by atoms with Crippen LogP contribution in [-0.4, -0.2) is 71.7 Å². The smallest absolute Gasteiger partial charge is 0.243 e. The Morgan fingerprint density at radius 2 is 1.71 bits per heavy atom. The van der Waals surface area contributed by atoms with Crippen molar-refractivity contribution >= 4 is 40.4 Å². The van der Waals surface area contributed by atoms with E-state index in [9.17, 15) is 9.59 Å². The quantitative estimate of drug-likeness (QED) is 0.517. The molecule has 0 N–H and O–H groups in total. The van der Waals surface area contributed by atoms with Gasteiger partial charge >= 0.3 is 0 Å². The summed E-state index contributed by atoms with van der Waals surface area (Å²) in [6.45, 7) is 8.40. The van der Waals surface area contributed by atoms with Crippen LogP contribution in [0.15, 0.2) is 29.4 Å². The Balaban J connectivity index is 1.40. The van der Waals surface area contributed by atoms with Crippen LogP contribution in [0.1, 0.15) is 52.9 Å². The molecule has 4 heterocycles. The molecule has 5 rings (SSSR count). The van der Waals surface area contributed by atoms with Gasteiger partial charge in [0.25, 0.3) is 0 Å². The third-order valence-electron chi connectivity index (χ3n) is 7.38. The highest BCUT2D eigenvalue weighted by atomic mass is 32.2. The summed E-state index contributed by atoms with van der Waals surface area (Å²) in [7, 11) is 0. The van der Waals surface area contributed by atoms with Crippen LogP contribution in [0.3, 0.4) is 0 Å². The number of fused-ring (bicyclic) bond motifs is 3. The van der Waals surface area contributed by atoms with E-state index in [-0.39, 0.29) is 30.4 Å². The van der Waals surface area contributed by atoms with Crippen LogP contribution in [0.4, 0.5) is 0 Å². The first-order valence-electron chi connectivity index (χ1n) is 12.5. The van der Waals surface area contributed by atoms with Gasteiger partial charge in [-0.1, -0.05) is 30.8 Å². The molecule has 34 heavy (non-hydrogen) atoms. The van der Waals surface area contributed by atoms with Gasteiger partial charge < -0.3 is 9.80 Å². The van der Waals surface area contributed by atoms with Crippen molar-refractivity contribution in [3.8, 4) is 0 Å². The van der Waals surface area contributed by atoms with Crippen molar-refractivity contribution in [2.45, 2.75) is 76.7 Å². The molecule has 2 amide bonds. The van der Waals surface area contributed by atoms with E-state index in [1.165, 1.54) is 24.6 Å². The molecule has 0 aliphatic carbocycles. The third-order valence-corrected chi connectivity index (χ3v) is 8.29. The average molecular weight is 483 g/mol. The Labute approximate surface area is 204 Å². The number of likely N-dealkylation sites (tertiary alicyclic amines) is 2. The summed E-state index contributed by atoms with van der Waals surface area (Å²) >= 11 is 1.42. The van der Waals surface area contributed by atoms with E-state index in [0.29, 0.717) is 22.6 Å². The van der Waals surface area contributed by atoms with Crippen molar-refractivity contribution < 1.29 is 9.59 Å². The van der Waals surface area contributed by atoms with E-state index in [1.807, 2.05) is 43.0 Å². The Kier molecular flexibility index (Phi) is 6.55. The van der Waals surface area contributed by atoms with Crippen LogP contribution in [0.2, 0.25) is 0 Å². The first-order valence-corrected chi connectivity index (χ1v) is 13.5. The number of carbonyl (C=O) groups is 2. The molecule has 0 spiro atoms. The van der Waals surface area contributed by atoms with E-state index in [1.54, 1.807) is 0 Å². The van der Waals surface area contributed by atoms with Gasteiger partial charge in [-0.2, -0.15) is 0 Å². The maximum absolute atomic E-state index is 13.4. The van der Waals surface area contributed by atoms with Crippen LogP contribution in [0.25, 0.3) is 16.8 Å². The summed E-state index contributed by atoms with van der Waals surface area (Å²) in [6, 6.07) is 8.52. The first kappa shape index (κ1) is 23.2. The third kappa shape index (κ3) is 4.30. The van der Waals surface area contributed by atoms with Gasteiger partial charge in [-0.25, -0.2) is 0 Å². The lowest BCUT2D eigenvalue weighted by molar-refractivity contribution is -0.137. The van der Waals surface area contributed by atoms with Crippen LogP contribution >= 0.6 is 11.8 Å². The fourth-order valence-electron chi connectivity index (χ4n) is 5.65. The Morgan fingerprint density at radius 1 is 0.971 bits per heavy atom. The minimum absolute atomic E-state index is 0.120. The van der Waals surface area contributed by atoms with Gasteiger partial charge in [0.1, 0.15) is 6.54 Å². The van der Waals surface area contributed by atoms with E-state index in [0.717, 1.165) is 43.4 Å². The van der Waals surface area contributed by atoms with Crippen molar-refractivity contribution in [1.82, 2.24) is 29.0 Å². The molecule has 1 aromatic carbocycles. The zero-order valence-electron chi connectivity index (χ0n) is 20.3. The number of imidazole rings is 1. The lowest BCUT2D eigenvalue weighted by Crippen LogP contribution is -2.48. The molecule has 9 heteroatoms. The van der Waals surface area contributed by atoms with E-state index < -0.39 is 0 Å². The average Bonchev–Trinajstić information content (AvgIpc) is 3.37. The molecule has 0 unspecified atom stereocenters. The van der Waals surface area contributed by atoms with Gasteiger partial charge in [0, 0.05) is 25.2 Å². The molecular formula is C25H34N6O2S. The molecule has 0 radical (unpaired) electrons. The highest BCUT2D eigenvalue weighted by Gasteiger charge is 2.30. The molecule has 182 valence electrons. The highest BCUT2D eigenvalue weighted by molar-refractivity contribution is 7.99. The van der Waals surface area contributed by atoms with Crippen LogP contribution in [-0.2, 0) is 16.1 Å². The topological polar surface area (TPSA) is 75.7 Å². The number of amides is 2. The monoisotopic (exact) mass is 482 g/mol. The molecule has 2 fully saturated rings. The molecule has 3 aromatic rings. The number of hydrogen-bond acceptors (Lipinski definition) is 5. The minimum atomic E-state index is 0.120. The van der Waals surface area contributed by atoms with Gasteiger partial charge in [0.05, 0.1) is 16.8 Å². The largest absolute Gasteiger partial charge is 0.342 e. The maximum Gasteiger partial charge on any atom is 0.243 e. The minimum Gasteiger partial charge on any atom is -0.342 e. The fraction of sp³-hybridized carbons (Fsp3) is 0.600. The molecule has 0 saturated carbocycles. The number of benzene rings is 1. The highest BCUT2D eigenvalue weighted by Crippen LogP contribution is 2.28. The molecule has 2 aromatic heterocycles. The van der Waals surface area contributed by atoms with Crippen LogP contribution in [0.5, 0.6) is 0 Å². The standard InChI is InChI=1S/C25H34N6O2S/c1-17-8-7-13-28(14-17)23(33)16-34-25-27-26-24-29(20-11-4-5-12-21(20)31(24)25)15-22(32)30-18(2)9-6-10-19(30)3/h4-5,11-12,17-19H,6-10,13-16H2,1-3H3/t17-,18-,19-/m0/s1. The summed E-state index contributed by atoms with van der Waals surface area (Å²) in [5.74, 6) is 1.82. The van der Waals surface area contributed by atoms with E-state index >= 15 is 0 Å². The zero-order chi connectivity index (χ0) is 23.8. The second-order valence-electron chi connectivity index (χ2n) is 10.00. The number of hydrogen-bond donors (Lipinski definition) is 0. The van der Waals surface area contributed by atoms with Crippen molar-refractivity contribution in [1.29, 1.82) is 0 Å². The Morgan fingerprint density at radius 3 is 2.44 bits per heavy atom. The van der Waals surface area contributed by atoms with Crippen LogP contribution < -0.4 is 0 Å². The lowest BCUT2D eigenvalue weighted by Gasteiger charge is -2.39. The van der Waals surface area contributed by atoms with Gasteiger partial charge in [0.2, 0.25) is 17.6 Å². The first-order chi connectivity index (χ1) is 16.4.